The minimum atomic E-state index is -3.53. The van der Waals surface area contributed by atoms with E-state index < -0.39 is 26.3 Å². The van der Waals surface area contributed by atoms with Gasteiger partial charge in [-0.05, 0) is 57.8 Å². The summed E-state index contributed by atoms with van der Waals surface area (Å²) in [6, 6.07) is 0. The molecular weight excluding hydrogens is 424 g/mol. The maximum atomic E-state index is 11.4. The van der Waals surface area contributed by atoms with Gasteiger partial charge >= 0.3 is 0 Å². The van der Waals surface area contributed by atoms with Gasteiger partial charge in [-0.1, -0.05) is 55.5 Å². The summed E-state index contributed by atoms with van der Waals surface area (Å²) in [5.74, 6) is 0. The predicted molar refractivity (Wildman–Crippen MR) is 124 cm³/mol. The van der Waals surface area contributed by atoms with Crippen molar-refractivity contribution in [2.75, 3.05) is 19.1 Å². The molecule has 0 saturated carbocycles. The van der Waals surface area contributed by atoms with Crippen LogP contribution in [-0.2, 0) is 28.6 Å². The molecule has 0 aromatic carbocycles. The van der Waals surface area contributed by atoms with Crippen LogP contribution in [0, 0.1) is 0 Å². The summed E-state index contributed by atoms with van der Waals surface area (Å²) in [5.41, 5.74) is 0. The number of allylic oxidation sites excluding steroid dienone is 8. The lowest BCUT2D eigenvalue weighted by Gasteiger charge is -2.15. The average molecular weight is 463 g/mol. The molecular formula is C22H38O6S2. The zero-order valence-electron chi connectivity index (χ0n) is 18.5. The van der Waals surface area contributed by atoms with Crippen molar-refractivity contribution in [1.82, 2.24) is 0 Å². The monoisotopic (exact) mass is 462 g/mol. The maximum absolute atomic E-state index is 11.4. The molecule has 174 valence electrons. The van der Waals surface area contributed by atoms with E-state index in [0.717, 1.165) is 44.6 Å². The molecule has 0 aromatic heterocycles. The van der Waals surface area contributed by atoms with Crippen molar-refractivity contribution in [1.29, 1.82) is 0 Å². The molecule has 0 radical (unpaired) electrons. The lowest BCUT2D eigenvalue weighted by Crippen LogP contribution is -2.17. The van der Waals surface area contributed by atoms with Crippen molar-refractivity contribution in [2.45, 2.75) is 70.8 Å². The summed E-state index contributed by atoms with van der Waals surface area (Å²) in [6.07, 6.45) is 25.4. The van der Waals surface area contributed by atoms with Crippen LogP contribution >= 0.6 is 0 Å². The molecule has 0 saturated heterocycles. The Morgan fingerprint density at radius 2 is 1.23 bits per heavy atom. The summed E-state index contributed by atoms with van der Waals surface area (Å²) in [7, 11) is -6.97. The van der Waals surface area contributed by atoms with Gasteiger partial charge in [-0.25, -0.2) is 0 Å². The van der Waals surface area contributed by atoms with Crippen molar-refractivity contribution in [3.63, 3.8) is 0 Å². The molecule has 0 aliphatic rings. The zero-order valence-corrected chi connectivity index (χ0v) is 20.2. The molecule has 0 spiro atoms. The summed E-state index contributed by atoms with van der Waals surface area (Å²) in [4.78, 5) is 0. The van der Waals surface area contributed by atoms with Crippen LogP contribution in [0.1, 0.15) is 64.7 Å². The molecule has 0 aliphatic heterocycles. The van der Waals surface area contributed by atoms with Crippen LogP contribution in [-0.4, -0.2) is 42.1 Å². The second kappa shape index (κ2) is 17.5. The molecule has 0 amide bonds. The van der Waals surface area contributed by atoms with Crippen molar-refractivity contribution in [3.05, 3.63) is 48.6 Å². The van der Waals surface area contributed by atoms with E-state index in [1.807, 2.05) is 6.08 Å². The van der Waals surface area contributed by atoms with Crippen LogP contribution < -0.4 is 0 Å². The highest BCUT2D eigenvalue weighted by molar-refractivity contribution is 7.86. The highest BCUT2D eigenvalue weighted by Crippen LogP contribution is 2.14. The van der Waals surface area contributed by atoms with Crippen LogP contribution in [0.2, 0.25) is 0 Å². The molecule has 0 bridgehead atoms. The average Bonchev–Trinajstić information content (AvgIpc) is 2.62. The topological polar surface area (TPSA) is 86.7 Å². The van der Waals surface area contributed by atoms with Gasteiger partial charge in [0.05, 0.1) is 25.2 Å². The smallest absolute Gasteiger partial charge is 0.264 e. The maximum Gasteiger partial charge on any atom is 0.264 e. The highest BCUT2D eigenvalue weighted by atomic mass is 32.2. The van der Waals surface area contributed by atoms with E-state index in [1.54, 1.807) is 0 Å². The molecule has 0 N–H and O–H groups in total. The van der Waals surface area contributed by atoms with E-state index >= 15 is 0 Å². The molecule has 30 heavy (non-hydrogen) atoms. The second-order valence-electron chi connectivity index (χ2n) is 7.02. The Balaban J connectivity index is 4.10. The standard InChI is InChI=1S/C22H38O6S2/c1-4-5-6-7-8-9-10-11-12-13-14-15-16-19-22(28-30(3,25)26)20-17-18-21-27-29(2,23)24/h5-6,8-9,11-12,14-15,22H,4,7,10,13,16-21H2,1-3H3/b6-5-,9-8-,12-11-,15-14-. The molecule has 0 aromatic rings. The molecule has 0 fully saturated rings. The highest BCUT2D eigenvalue weighted by Gasteiger charge is 2.14. The van der Waals surface area contributed by atoms with Gasteiger partial charge in [0.25, 0.3) is 20.2 Å². The normalized spacial score (nSPS) is 14.6. The Kier molecular flexibility index (Phi) is 16.7. The van der Waals surface area contributed by atoms with Crippen molar-refractivity contribution in [3.8, 4) is 0 Å². The van der Waals surface area contributed by atoms with Gasteiger partial charge in [0.2, 0.25) is 0 Å². The van der Waals surface area contributed by atoms with E-state index in [9.17, 15) is 16.8 Å². The fourth-order valence-corrected chi connectivity index (χ4v) is 3.66. The van der Waals surface area contributed by atoms with Crippen LogP contribution in [0.5, 0.6) is 0 Å². The fraction of sp³-hybridized carbons (Fsp3) is 0.636. The minimum Gasteiger partial charge on any atom is -0.270 e. The Labute approximate surface area is 184 Å². The lowest BCUT2D eigenvalue weighted by molar-refractivity contribution is 0.184. The Bertz CT molecular complexity index is 746. The minimum absolute atomic E-state index is 0.0985. The first-order chi connectivity index (χ1) is 14.1. The molecule has 6 nitrogen and oxygen atoms in total. The first-order valence-electron chi connectivity index (χ1n) is 10.5. The van der Waals surface area contributed by atoms with E-state index in [1.165, 1.54) is 0 Å². The van der Waals surface area contributed by atoms with Crippen molar-refractivity contribution in [2.24, 2.45) is 0 Å². The van der Waals surface area contributed by atoms with Gasteiger partial charge in [0.15, 0.2) is 0 Å². The van der Waals surface area contributed by atoms with Gasteiger partial charge in [-0.2, -0.15) is 16.8 Å². The summed E-state index contributed by atoms with van der Waals surface area (Å²) >= 11 is 0. The number of hydrogen-bond acceptors (Lipinski definition) is 6. The van der Waals surface area contributed by atoms with Gasteiger partial charge in [0.1, 0.15) is 0 Å². The van der Waals surface area contributed by atoms with Crippen LogP contribution in [0.4, 0.5) is 0 Å². The van der Waals surface area contributed by atoms with E-state index in [4.69, 9.17) is 4.18 Å². The van der Waals surface area contributed by atoms with Gasteiger partial charge in [-0.15, -0.1) is 0 Å². The fourth-order valence-electron chi connectivity index (χ4n) is 2.55. The summed E-state index contributed by atoms with van der Waals surface area (Å²) < 4.78 is 54.5. The van der Waals surface area contributed by atoms with Crippen molar-refractivity contribution < 1.29 is 25.2 Å². The van der Waals surface area contributed by atoms with E-state index in [0.29, 0.717) is 25.7 Å². The molecule has 0 heterocycles. The molecule has 0 rings (SSSR count). The van der Waals surface area contributed by atoms with E-state index in [2.05, 4.69) is 53.6 Å². The predicted octanol–water partition coefficient (Wildman–Crippen LogP) is 5.06. The third-order valence-corrected chi connectivity index (χ3v) is 5.12. The van der Waals surface area contributed by atoms with Crippen LogP contribution in [0.25, 0.3) is 0 Å². The molecule has 1 atom stereocenters. The van der Waals surface area contributed by atoms with Crippen molar-refractivity contribution >= 4 is 20.2 Å². The van der Waals surface area contributed by atoms with E-state index in [-0.39, 0.29) is 6.61 Å². The summed E-state index contributed by atoms with van der Waals surface area (Å²) in [5, 5.41) is 0. The Morgan fingerprint density at radius 3 is 1.73 bits per heavy atom. The van der Waals surface area contributed by atoms with Gasteiger partial charge in [0, 0.05) is 0 Å². The number of hydrogen-bond donors (Lipinski definition) is 0. The van der Waals surface area contributed by atoms with Gasteiger partial charge in [-0.3, -0.25) is 8.37 Å². The quantitative estimate of drug-likeness (QED) is 0.161. The Hall–Kier alpha value is -1.22. The van der Waals surface area contributed by atoms with Gasteiger partial charge < -0.3 is 0 Å². The first kappa shape index (κ1) is 28.8. The third-order valence-electron chi connectivity index (χ3n) is 3.90. The SMILES string of the molecule is CC/C=C\C/C=C\C/C=C\C/C=C\CCC(CCCCOS(C)(=O)=O)OS(C)(=O)=O. The molecule has 0 aliphatic carbocycles. The number of unbranched alkanes of at least 4 members (excludes halogenated alkanes) is 1. The first-order valence-corrected chi connectivity index (χ1v) is 14.1. The molecule has 1 unspecified atom stereocenters. The third kappa shape index (κ3) is 23.1. The number of rotatable bonds is 18. The summed E-state index contributed by atoms with van der Waals surface area (Å²) in [6.45, 7) is 2.22. The zero-order chi connectivity index (χ0) is 22.7. The Morgan fingerprint density at radius 1 is 0.700 bits per heavy atom. The molecule has 8 heteroatoms. The van der Waals surface area contributed by atoms with Crippen LogP contribution in [0.3, 0.4) is 0 Å². The second-order valence-corrected chi connectivity index (χ2v) is 10.3. The van der Waals surface area contributed by atoms with Crippen LogP contribution in [0.15, 0.2) is 48.6 Å². The lowest BCUT2D eigenvalue weighted by atomic mass is 10.1. The largest absolute Gasteiger partial charge is 0.270 e.